The van der Waals surface area contributed by atoms with Crippen molar-refractivity contribution in [3.63, 3.8) is 0 Å². The summed E-state index contributed by atoms with van der Waals surface area (Å²) in [5, 5.41) is 12.1. The number of rotatable bonds is 9. The third-order valence-electron chi connectivity index (χ3n) is 4.19. The highest BCUT2D eigenvalue weighted by Gasteiger charge is 2.35. The molecule has 164 valence electrons. The number of hydrogen-bond acceptors (Lipinski definition) is 5. The molecule has 0 spiro atoms. The van der Waals surface area contributed by atoms with Crippen molar-refractivity contribution >= 4 is 15.9 Å². The van der Waals surface area contributed by atoms with Crippen molar-refractivity contribution in [3.05, 3.63) is 53.9 Å². The minimum absolute atomic E-state index is 0.0530. The van der Waals surface area contributed by atoms with Crippen LogP contribution < -0.4 is 10.0 Å². The lowest BCUT2D eigenvalue weighted by Gasteiger charge is -2.23. The van der Waals surface area contributed by atoms with Crippen LogP contribution >= 0.6 is 0 Å². The van der Waals surface area contributed by atoms with Gasteiger partial charge in [0, 0.05) is 18.7 Å². The van der Waals surface area contributed by atoms with E-state index in [4.69, 9.17) is 0 Å². The van der Waals surface area contributed by atoms with Crippen molar-refractivity contribution in [1.29, 1.82) is 0 Å². The molecule has 0 fully saturated rings. The van der Waals surface area contributed by atoms with Crippen LogP contribution in [0.3, 0.4) is 0 Å². The lowest BCUT2D eigenvalue weighted by molar-refractivity contribution is -0.145. The molecule has 2 atom stereocenters. The SMILES string of the molecule is CC(F)(F)C(=O)NC(CF)C(O)c1ccc(-c2ccc(CNS(C)(=O)=O)nc2)cc1. The van der Waals surface area contributed by atoms with Gasteiger partial charge in [0.2, 0.25) is 10.0 Å². The van der Waals surface area contributed by atoms with Gasteiger partial charge in [-0.1, -0.05) is 30.3 Å². The largest absolute Gasteiger partial charge is 0.386 e. The second-order valence-electron chi connectivity index (χ2n) is 6.82. The van der Waals surface area contributed by atoms with E-state index in [0.717, 1.165) is 6.26 Å². The van der Waals surface area contributed by atoms with Crippen LogP contribution in [0.1, 0.15) is 24.3 Å². The molecule has 1 heterocycles. The van der Waals surface area contributed by atoms with E-state index in [9.17, 15) is 31.5 Å². The first kappa shape index (κ1) is 23.8. The molecule has 1 aromatic carbocycles. The van der Waals surface area contributed by atoms with Crippen molar-refractivity contribution in [3.8, 4) is 11.1 Å². The summed E-state index contributed by atoms with van der Waals surface area (Å²) in [6.07, 6.45) is 1.07. The zero-order valence-electron chi connectivity index (χ0n) is 16.3. The average Bonchev–Trinajstić information content (AvgIpc) is 2.69. The lowest BCUT2D eigenvalue weighted by atomic mass is 9.99. The maximum absolute atomic E-state index is 13.2. The number of amides is 1. The Morgan fingerprint density at radius 1 is 1.17 bits per heavy atom. The molecule has 0 radical (unpaired) electrons. The molecule has 0 saturated heterocycles. The number of nitrogens with one attached hydrogen (secondary N) is 2. The smallest absolute Gasteiger partial charge is 0.321 e. The number of aliphatic hydroxyl groups excluding tert-OH is 1. The molecule has 0 saturated carbocycles. The number of pyridine rings is 1. The van der Waals surface area contributed by atoms with Gasteiger partial charge in [-0.2, -0.15) is 8.78 Å². The number of aromatic nitrogens is 1. The van der Waals surface area contributed by atoms with Crippen LogP contribution in [-0.2, 0) is 21.4 Å². The summed E-state index contributed by atoms with van der Waals surface area (Å²) in [4.78, 5) is 15.5. The Hall–Kier alpha value is -2.50. The fourth-order valence-electron chi connectivity index (χ4n) is 2.51. The summed E-state index contributed by atoms with van der Waals surface area (Å²) < 4.78 is 63.7. The summed E-state index contributed by atoms with van der Waals surface area (Å²) in [5.74, 6) is -5.36. The van der Waals surface area contributed by atoms with Gasteiger partial charge >= 0.3 is 5.92 Å². The van der Waals surface area contributed by atoms with E-state index >= 15 is 0 Å². The van der Waals surface area contributed by atoms with Crippen LogP contribution in [0, 0.1) is 0 Å². The van der Waals surface area contributed by atoms with Crippen LogP contribution in [0.25, 0.3) is 11.1 Å². The number of halogens is 3. The van der Waals surface area contributed by atoms with Crippen molar-refractivity contribution in [2.75, 3.05) is 12.9 Å². The molecule has 7 nitrogen and oxygen atoms in total. The van der Waals surface area contributed by atoms with E-state index in [1.54, 1.807) is 30.5 Å². The molecule has 0 aliphatic rings. The van der Waals surface area contributed by atoms with E-state index in [-0.39, 0.29) is 12.1 Å². The number of aliphatic hydroxyl groups is 1. The fraction of sp³-hybridized carbons (Fsp3) is 0.368. The first-order valence-corrected chi connectivity index (χ1v) is 10.7. The molecule has 1 aromatic heterocycles. The van der Waals surface area contributed by atoms with Gasteiger partial charge < -0.3 is 10.4 Å². The molecule has 2 unspecified atom stereocenters. The topological polar surface area (TPSA) is 108 Å². The first-order chi connectivity index (χ1) is 13.9. The predicted molar refractivity (Wildman–Crippen MR) is 105 cm³/mol. The zero-order chi connectivity index (χ0) is 22.5. The standard InChI is InChI=1S/C19H22F3N3O4S/c1-19(21,22)18(27)25-16(9-20)17(26)13-5-3-12(4-6-13)14-7-8-15(23-10-14)11-24-30(2,28)29/h3-8,10,16-17,24,26H,9,11H2,1-2H3,(H,25,27). The molecule has 2 rings (SSSR count). The molecule has 30 heavy (non-hydrogen) atoms. The minimum Gasteiger partial charge on any atom is -0.386 e. The maximum atomic E-state index is 13.2. The molecule has 0 aliphatic heterocycles. The quantitative estimate of drug-likeness (QED) is 0.547. The Labute approximate surface area is 172 Å². The lowest BCUT2D eigenvalue weighted by Crippen LogP contribution is -2.47. The van der Waals surface area contributed by atoms with E-state index in [1.165, 1.54) is 12.1 Å². The average molecular weight is 445 g/mol. The van der Waals surface area contributed by atoms with Crippen molar-refractivity contribution in [1.82, 2.24) is 15.0 Å². The second-order valence-corrected chi connectivity index (χ2v) is 8.65. The van der Waals surface area contributed by atoms with Crippen molar-refractivity contribution < 1.29 is 31.5 Å². The van der Waals surface area contributed by atoms with Crippen LogP contribution in [0.15, 0.2) is 42.6 Å². The van der Waals surface area contributed by atoms with Crippen LogP contribution in [0.2, 0.25) is 0 Å². The first-order valence-electron chi connectivity index (χ1n) is 8.83. The van der Waals surface area contributed by atoms with Crippen molar-refractivity contribution in [2.24, 2.45) is 0 Å². The van der Waals surface area contributed by atoms with Crippen molar-refractivity contribution in [2.45, 2.75) is 31.5 Å². The van der Waals surface area contributed by atoms with Gasteiger partial charge in [0.1, 0.15) is 12.8 Å². The molecule has 0 bridgehead atoms. The number of benzene rings is 1. The third-order valence-corrected chi connectivity index (χ3v) is 4.86. The van der Waals surface area contributed by atoms with Gasteiger partial charge in [-0.15, -0.1) is 0 Å². The summed E-state index contributed by atoms with van der Waals surface area (Å²) >= 11 is 0. The highest BCUT2D eigenvalue weighted by molar-refractivity contribution is 7.88. The Balaban J connectivity index is 2.09. The third kappa shape index (κ3) is 6.78. The van der Waals surface area contributed by atoms with E-state index in [2.05, 4.69) is 9.71 Å². The Morgan fingerprint density at radius 3 is 2.23 bits per heavy atom. The number of nitrogens with zero attached hydrogens (tertiary/aromatic N) is 1. The summed E-state index contributed by atoms with van der Waals surface area (Å²) in [6.45, 7) is -0.787. The molecule has 11 heteroatoms. The maximum Gasteiger partial charge on any atom is 0.321 e. The van der Waals surface area contributed by atoms with Crippen LogP contribution in [0.4, 0.5) is 13.2 Å². The van der Waals surface area contributed by atoms with Gasteiger partial charge in [0.25, 0.3) is 5.91 Å². The number of carbonyl (C=O) groups excluding carboxylic acids is 1. The van der Waals surface area contributed by atoms with Crippen LogP contribution in [-0.4, -0.2) is 49.3 Å². The number of sulfonamides is 1. The highest BCUT2D eigenvalue weighted by Crippen LogP contribution is 2.24. The normalized spacial score (nSPS) is 14.2. The molecule has 1 amide bonds. The number of carbonyl (C=O) groups is 1. The molecule has 3 N–H and O–H groups in total. The van der Waals surface area contributed by atoms with Gasteiger partial charge in [-0.05, 0) is 17.2 Å². The van der Waals surface area contributed by atoms with Gasteiger partial charge in [-0.3, -0.25) is 9.78 Å². The van der Waals surface area contributed by atoms with Crippen LogP contribution in [0.5, 0.6) is 0 Å². The summed E-state index contributed by atoms with van der Waals surface area (Å²) in [6, 6.07) is 8.07. The number of alkyl halides is 3. The van der Waals surface area contributed by atoms with Gasteiger partial charge in [-0.25, -0.2) is 17.5 Å². The summed E-state index contributed by atoms with van der Waals surface area (Å²) in [7, 11) is -3.33. The second kappa shape index (κ2) is 9.54. The Morgan fingerprint density at radius 2 is 1.77 bits per heavy atom. The zero-order valence-corrected chi connectivity index (χ0v) is 17.1. The molecule has 0 aliphatic carbocycles. The van der Waals surface area contributed by atoms with Gasteiger partial charge in [0.05, 0.1) is 24.5 Å². The number of hydrogen-bond donors (Lipinski definition) is 3. The highest BCUT2D eigenvalue weighted by atomic mass is 32.2. The fourth-order valence-corrected chi connectivity index (χ4v) is 2.92. The predicted octanol–water partition coefficient (Wildman–Crippen LogP) is 1.94. The van der Waals surface area contributed by atoms with E-state index in [0.29, 0.717) is 23.7 Å². The Bertz CT molecular complexity index is 962. The van der Waals surface area contributed by atoms with Gasteiger partial charge in [0.15, 0.2) is 0 Å². The van der Waals surface area contributed by atoms with E-state index in [1.807, 2.05) is 5.32 Å². The summed E-state index contributed by atoms with van der Waals surface area (Å²) in [5.41, 5.74) is 2.18. The molecular weight excluding hydrogens is 423 g/mol. The molecule has 2 aromatic rings. The van der Waals surface area contributed by atoms with E-state index < -0.39 is 40.7 Å². The molecular formula is C19H22F3N3O4S. The Kier molecular flexibility index (Phi) is 7.56. The minimum atomic E-state index is -3.69. The monoisotopic (exact) mass is 445 g/mol.